The molecule has 1 N–H and O–H groups in total. The Morgan fingerprint density at radius 1 is 1.28 bits per heavy atom. The van der Waals surface area contributed by atoms with Gasteiger partial charge in [0.1, 0.15) is 0 Å². The lowest BCUT2D eigenvalue weighted by molar-refractivity contribution is 0.0722. The van der Waals surface area contributed by atoms with Crippen LogP contribution in [0, 0.1) is 19.3 Å². The maximum absolute atomic E-state index is 13.3. The fourth-order valence-electron chi connectivity index (χ4n) is 4.71. The molecule has 0 bridgehead atoms. The molecule has 0 aliphatic carbocycles. The van der Waals surface area contributed by atoms with E-state index in [9.17, 15) is 4.79 Å². The smallest absolute Gasteiger partial charge is 0.255 e. The van der Waals surface area contributed by atoms with E-state index in [2.05, 4.69) is 27.2 Å². The Morgan fingerprint density at radius 3 is 2.72 bits per heavy atom. The van der Waals surface area contributed by atoms with Crippen LogP contribution in [-0.2, 0) is 7.05 Å². The van der Waals surface area contributed by atoms with Crippen molar-refractivity contribution in [2.45, 2.75) is 46.1 Å². The van der Waals surface area contributed by atoms with Crippen LogP contribution in [0.4, 0.5) is 0 Å². The van der Waals surface area contributed by atoms with Crippen LogP contribution in [0.25, 0.3) is 11.0 Å². The standard InChI is InChI=1S/C19H27N5O/c1-12-10-19(5-7-20-8-6-19)11-24(12)18(25)16-9-15-14(3)22-23(4)17(15)21-13(16)2/h9,12,20H,5-8,10-11H2,1-4H3. The van der Waals surface area contributed by atoms with Crippen LogP contribution in [0.3, 0.4) is 0 Å². The van der Waals surface area contributed by atoms with Crippen molar-refractivity contribution in [2.24, 2.45) is 12.5 Å². The number of fused-ring (bicyclic) bond motifs is 1. The van der Waals surface area contributed by atoms with Gasteiger partial charge in [-0.15, -0.1) is 0 Å². The van der Waals surface area contributed by atoms with Gasteiger partial charge < -0.3 is 10.2 Å². The highest BCUT2D eigenvalue weighted by molar-refractivity contribution is 5.99. The Hall–Kier alpha value is -1.95. The van der Waals surface area contributed by atoms with Crippen LogP contribution >= 0.6 is 0 Å². The molecule has 2 aliphatic heterocycles. The molecule has 0 aromatic carbocycles. The van der Waals surface area contributed by atoms with Gasteiger partial charge in [-0.2, -0.15) is 5.10 Å². The van der Waals surface area contributed by atoms with Gasteiger partial charge in [0, 0.05) is 25.0 Å². The van der Waals surface area contributed by atoms with E-state index < -0.39 is 0 Å². The first-order valence-electron chi connectivity index (χ1n) is 9.23. The molecule has 134 valence electrons. The number of likely N-dealkylation sites (tertiary alicyclic amines) is 1. The molecule has 0 saturated carbocycles. The molecule has 4 rings (SSSR count). The second-order valence-corrected chi connectivity index (χ2v) is 7.94. The van der Waals surface area contributed by atoms with E-state index in [1.54, 1.807) is 4.68 Å². The minimum Gasteiger partial charge on any atom is -0.335 e. The van der Waals surface area contributed by atoms with Gasteiger partial charge in [-0.3, -0.25) is 9.48 Å². The second kappa shape index (κ2) is 5.80. The molecule has 1 amide bonds. The number of aromatic nitrogens is 3. The normalized spacial score (nSPS) is 22.9. The summed E-state index contributed by atoms with van der Waals surface area (Å²) in [4.78, 5) is 20.0. The van der Waals surface area contributed by atoms with Crippen molar-refractivity contribution in [3.63, 3.8) is 0 Å². The Balaban J connectivity index is 1.68. The molecule has 2 fully saturated rings. The van der Waals surface area contributed by atoms with Crippen molar-refractivity contribution in [2.75, 3.05) is 19.6 Å². The summed E-state index contributed by atoms with van der Waals surface area (Å²) in [6.07, 6.45) is 3.44. The van der Waals surface area contributed by atoms with Crippen LogP contribution in [0.1, 0.15) is 47.9 Å². The van der Waals surface area contributed by atoms with Gasteiger partial charge in [0.25, 0.3) is 5.91 Å². The third-order valence-corrected chi connectivity index (χ3v) is 6.11. The summed E-state index contributed by atoms with van der Waals surface area (Å²) in [5.41, 5.74) is 3.58. The molecule has 1 atom stereocenters. The van der Waals surface area contributed by atoms with Crippen molar-refractivity contribution in [3.8, 4) is 0 Å². The zero-order chi connectivity index (χ0) is 17.8. The molecule has 1 unspecified atom stereocenters. The first kappa shape index (κ1) is 16.5. The predicted octanol–water partition coefficient (Wildman–Crippen LogP) is 2.19. The van der Waals surface area contributed by atoms with Crippen LogP contribution in [-0.4, -0.2) is 51.2 Å². The number of hydrogen-bond donors (Lipinski definition) is 1. The topological polar surface area (TPSA) is 63.1 Å². The summed E-state index contributed by atoms with van der Waals surface area (Å²) in [5, 5.41) is 8.85. The average molecular weight is 341 g/mol. The van der Waals surface area contributed by atoms with E-state index >= 15 is 0 Å². The van der Waals surface area contributed by atoms with Gasteiger partial charge in [0.2, 0.25) is 0 Å². The van der Waals surface area contributed by atoms with Crippen LogP contribution < -0.4 is 5.32 Å². The van der Waals surface area contributed by atoms with Crippen LogP contribution in [0.15, 0.2) is 6.07 Å². The van der Waals surface area contributed by atoms with Crippen molar-refractivity contribution < 1.29 is 4.79 Å². The molecule has 2 aromatic heterocycles. The Morgan fingerprint density at radius 2 is 2.00 bits per heavy atom. The molecule has 25 heavy (non-hydrogen) atoms. The number of aryl methyl sites for hydroxylation is 3. The minimum atomic E-state index is 0.123. The maximum Gasteiger partial charge on any atom is 0.255 e. The number of amides is 1. The van der Waals surface area contributed by atoms with Gasteiger partial charge >= 0.3 is 0 Å². The molecule has 0 radical (unpaired) electrons. The maximum atomic E-state index is 13.3. The number of hydrogen-bond acceptors (Lipinski definition) is 4. The summed E-state index contributed by atoms with van der Waals surface area (Å²) >= 11 is 0. The number of piperidine rings is 1. The molecule has 2 saturated heterocycles. The van der Waals surface area contributed by atoms with Crippen molar-refractivity contribution in [3.05, 3.63) is 23.0 Å². The van der Waals surface area contributed by atoms with Crippen LogP contribution in [0.2, 0.25) is 0 Å². The number of nitrogens with zero attached hydrogens (tertiary/aromatic N) is 4. The molecule has 6 heteroatoms. The zero-order valence-electron chi connectivity index (χ0n) is 15.6. The Kier molecular flexibility index (Phi) is 3.83. The van der Waals surface area contributed by atoms with Crippen LogP contribution in [0.5, 0.6) is 0 Å². The van der Waals surface area contributed by atoms with E-state index in [4.69, 9.17) is 0 Å². The van der Waals surface area contributed by atoms with Gasteiger partial charge in [-0.25, -0.2) is 4.98 Å². The third-order valence-electron chi connectivity index (χ3n) is 6.11. The van der Waals surface area contributed by atoms with E-state index in [-0.39, 0.29) is 11.9 Å². The lowest BCUT2D eigenvalue weighted by Crippen LogP contribution is -2.40. The first-order chi connectivity index (χ1) is 11.9. The Labute approximate surface area is 148 Å². The third kappa shape index (κ3) is 2.63. The quantitative estimate of drug-likeness (QED) is 0.864. The molecular formula is C19H27N5O. The van der Waals surface area contributed by atoms with E-state index in [0.29, 0.717) is 5.41 Å². The van der Waals surface area contributed by atoms with E-state index in [1.807, 2.05) is 27.0 Å². The summed E-state index contributed by atoms with van der Waals surface area (Å²) in [6, 6.07) is 2.28. The monoisotopic (exact) mass is 341 g/mol. The fourth-order valence-corrected chi connectivity index (χ4v) is 4.71. The summed E-state index contributed by atoms with van der Waals surface area (Å²) in [7, 11) is 1.90. The molecule has 2 aliphatic rings. The largest absolute Gasteiger partial charge is 0.335 e. The molecule has 6 nitrogen and oxygen atoms in total. The van der Waals surface area contributed by atoms with Crippen molar-refractivity contribution in [1.29, 1.82) is 0 Å². The van der Waals surface area contributed by atoms with Crippen molar-refractivity contribution in [1.82, 2.24) is 25.0 Å². The number of rotatable bonds is 1. The summed E-state index contributed by atoms with van der Waals surface area (Å²) in [5.74, 6) is 0.123. The molecule has 2 aromatic rings. The number of pyridine rings is 1. The van der Waals surface area contributed by atoms with Gasteiger partial charge in [0.15, 0.2) is 5.65 Å². The van der Waals surface area contributed by atoms with Gasteiger partial charge in [0.05, 0.1) is 17.0 Å². The van der Waals surface area contributed by atoms with E-state index in [0.717, 1.165) is 54.0 Å². The van der Waals surface area contributed by atoms with Gasteiger partial charge in [-0.1, -0.05) is 0 Å². The predicted molar refractivity (Wildman–Crippen MR) is 97.6 cm³/mol. The molecular weight excluding hydrogens is 314 g/mol. The lowest BCUT2D eigenvalue weighted by atomic mass is 9.77. The number of carbonyl (C=O) groups is 1. The molecule has 1 spiro atoms. The summed E-state index contributed by atoms with van der Waals surface area (Å²) < 4.78 is 1.79. The average Bonchev–Trinajstić information content (AvgIpc) is 3.03. The van der Waals surface area contributed by atoms with E-state index in [1.165, 1.54) is 12.8 Å². The van der Waals surface area contributed by atoms with Gasteiger partial charge in [-0.05, 0) is 64.6 Å². The summed E-state index contributed by atoms with van der Waals surface area (Å²) in [6.45, 7) is 9.09. The number of carbonyl (C=O) groups excluding carboxylic acids is 1. The molecule has 4 heterocycles. The highest BCUT2D eigenvalue weighted by Gasteiger charge is 2.44. The second-order valence-electron chi connectivity index (χ2n) is 7.94. The minimum absolute atomic E-state index is 0.123. The highest BCUT2D eigenvalue weighted by atomic mass is 16.2. The van der Waals surface area contributed by atoms with Crippen molar-refractivity contribution >= 4 is 16.9 Å². The number of nitrogens with one attached hydrogen (secondary N) is 1. The lowest BCUT2D eigenvalue weighted by Gasteiger charge is -2.33. The zero-order valence-corrected chi connectivity index (χ0v) is 15.6. The SMILES string of the molecule is Cc1nc2c(cc1C(=O)N1CC3(CCNCC3)CC1C)c(C)nn2C. The first-order valence-corrected chi connectivity index (χ1v) is 9.23. The highest BCUT2D eigenvalue weighted by Crippen LogP contribution is 2.42. The fraction of sp³-hybridized carbons (Fsp3) is 0.632. The Bertz CT molecular complexity index is 834.